The van der Waals surface area contributed by atoms with Crippen LogP contribution in [0.25, 0.3) is 0 Å². The maximum atomic E-state index is 12.5. The molecule has 6 nitrogen and oxygen atoms in total. The highest BCUT2D eigenvalue weighted by Crippen LogP contribution is 2.17. The molecule has 2 aromatic rings. The largest absolute Gasteiger partial charge is 0.497 e. The fourth-order valence-electron chi connectivity index (χ4n) is 2.74. The Kier molecular flexibility index (Phi) is 6.74. The van der Waals surface area contributed by atoms with E-state index in [0.717, 1.165) is 17.7 Å². The molecule has 0 aliphatic heterocycles. The average molecular weight is 356 g/mol. The van der Waals surface area contributed by atoms with Gasteiger partial charge >= 0.3 is 0 Å². The van der Waals surface area contributed by atoms with Crippen molar-refractivity contribution >= 4 is 17.5 Å². The molecule has 0 bridgehead atoms. The first-order valence-corrected chi connectivity index (χ1v) is 8.64. The third-order valence-corrected chi connectivity index (χ3v) is 4.36. The predicted molar refractivity (Wildman–Crippen MR) is 101 cm³/mol. The van der Waals surface area contributed by atoms with Crippen LogP contribution in [0, 0.1) is 0 Å². The van der Waals surface area contributed by atoms with E-state index in [4.69, 9.17) is 10.5 Å². The van der Waals surface area contributed by atoms with Crippen LogP contribution in [0.1, 0.15) is 42.2 Å². The van der Waals surface area contributed by atoms with Crippen molar-refractivity contribution in [3.05, 3.63) is 59.7 Å². The lowest BCUT2D eigenvalue weighted by atomic mass is 10.0. The number of ether oxygens (including phenoxy) is 1. The highest BCUT2D eigenvalue weighted by molar-refractivity contribution is 5.95. The lowest BCUT2D eigenvalue weighted by Crippen LogP contribution is -2.92. The van der Waals surface area contributed by atoms with E-state index in [-0.39, 0.29) is 18.0 Å². The van der Waals surface area contributed by atoms with Gasteiger partial charge in [-0.05, 0) is 55.5 Å². The maximum Gasteiger partial charge on any atom is 0.282 e. The molecule has 0 unspecified atom stereocenters. The number of carbonyl (C=O) groups excluding carboxylic acids is 2. The van der Waals surface area contributed by atoms with E-state index in [1.54, 1.807) is 31.4 Å². The number of nitrogens with two attached hydrogens (primary N) is 2. The van der Waals surface area contributed by atoms with E-state index in [0.29, 0.717) is 11.3 Å². The molecule has 2 amide bonds. The van der Waals surface area contributed by atoms with Crippen molar-refractivity contribution in [1.29, 1.82) is 0 Å². The summed E-state index contributed by atoms with van der Waals surface area (Å²) >= 11 is 0. The molecule has 0 saturated heterocycles. The van der Waals surface area contributed by atoms with Crippen LogP contribution in [0.5, 0.6) is 5.75 Å². The van der Waals surface area contributed by atoms with Gasteiger partial charge in [0.2, 0.25) is 5.91 Å². The van der Waals surface area contributed by atoms with E-state index < -0.39 is 5.91 Å². The van der Waals surface area contributed by atoms with Crippen LogP contribution in [0.3, 0.4) is 0 Å². The second kappa shape index (κ2) is 9.01. The minimum atomic E-state index is -0.491. The van der Waals surface area contributed by atoms with Crippen molar-refractivity contribution in [3.63, 3.8) is 0 Å². The van der Waals surface area contributed by atoms with Crippen molar-refractivity contribution in [2.24, 2.45) is 5.73 Å². The lowest BCUT2D eigenvalue weighted by molar-refractivity contribution is -0.713. The highest BCUT2D eigenvalue weighted by Gasteiger charge is 2.22. The summed E-state index contributed by atoms with van der Waals surface area (Å²) < 4.78 is 5.19. The fourth-order valence-corrected chi connectivity index (χ4v) is 2.74. The molecule has 0 radical (unpaired) electrons. The monoisotopic (exact) mass is 356 g/mol. The molecule has 0 aliphatic rings. The SMILES string of the molecule is CC[C@H]([NH2+][C@H](C)C(=O)Nc1ccc(C(N)=O)cc1)c1ccc(OC)cc1. The second-order valence-electron chi connectivity index (χ2n) is 6.20. The molecule has 2 rings (SSSR count). The van der Waals surface area contributed by atoms with Crippen LogP contribution in [-0.4, -0.2) is 25.0 Å². The number of methoxy groups -OCH3 is 1. The lowest BCUT2D eigenvalue weighted by Gasteiger charge is -2.19. The number of amides is 2. The smallest absolute Gasteiger partial charge is 0.282 e. The van der Waals surface area contributed by atoms with Crippen molar-refractivity contribution in [2.75, 3.05) is 12.4 Å². The molecule has 0 aliphatic carbocycles. The van der Waals surface area contributed by atoms with E-state index >= 15 is 0 Å². The maximum absolute atomic E-state index is 12.5. The summed E-state index contributed by atoms with van der Waals surface area (Å²) in [6.45, 7) is 3.97. The van der Waals surface area contributed by atoms with E-state index in [2.05, 4.69) is 17.6 Å². The molecule has 26 heavy (non-hydrogen) atoms. The zero-order valence-electron chi connectivity index (χ0n) is 15.4. The number of quaternary nitrogens is 1. The molecule has 5 N–H and O–H groups in total. The Morgan fingerprint density at radius 2 is 1.73 bits per heavy atom. The van der Waals surface area contributed by atoms with Gasteiger partial charge in [0.15, 0.2) is 6.04 Å². The van der Waals surface area contributed by atoms with Gasteiger partial charge in [0.25, 0.3) is 5.91 Å². The predicted octanol–water partition coefficient (Wildman–Crippen LogP) is 1.84. The van der Waals surface area contributed by atoms with Gasteiger partial charge < -0.3 is 21.1 Å². The summed E-state index contributed by atoms with van der Waals surface area (Å²) in [7, 11) is 1.64. The van der Waals surface area contributed by atoms with Crippen LogP contribution in [0.15, 0.2) is 48.5 Å². The Hall–Kier alpha value is -2.86. The zero-order valence-corrected chi connectivity index (χ0v) is 15.4. The first-order valence-electron chi connectivity index (χ1n) is 8.64. The molecule has 0 aromatic heterocycles. The number of primary amides is 1. The number of carbonyl (C=O) groups is 2. The van der Waals surface area contributed by atoms with Crippen LogP contribution < -0.4 is 21.1 Å². The van der Waals surface area contributed by atoms with Gasteiger partial charge in [-0.25, -0.2) is 0 Å². The van der Waals surface area contributed by atoms with Crippen molar-refractivity contribution in [2.45, 2.75) is 32.4 Å². The standard InChI is InChI=1S/C20H25N3O3/c1-4-18(14-7-11-17(26-3)12-8-14)22-13(2)20(25)23-16-9-5-15(6-10-16)19(21)24/h5-13,18,22H,4H2,1-3H3,(H2,21,24)(H,23,25)/p+1/t13-,18+/m1/s1. The Balaban J connectivity index is 1.98. The summed E-state index contributed by atoms with van der Waals surface area (Å²) in [5.74, 6) is 0.229. The van der Waals surface area contributed by atoms with Crippen molar-refractivity contribution in [3.8, 4) is 5.75 Å². The normalized spacial score (nSPS) is 12.9. The number of benzene rings is 2. The van der Waals surface area contributed by atoms with Crippen LogP contribution in [-0.2, 0) is 4.79 Å². The van der Waals surface area contributed by atoms with Gasteiger partial charge in [-0.1, -0.05) is 6.92 Å². The third-order valence-electron chi connectivity index (χ3n) is 4.36. The van der Waals surface area contributed by atoms with Gasteiger partial charge in [0.05, 0.1) is 7.11 Å². The number of rotatable bonds is 8. The summed E-state index contributed by atoms with van der Waals surface area (Å²) in [5, 5.41) is 4.92. The Labute approximate surface area is 153 Å². The molecule has 6 heteroatoms. The summed E-state index contributed by atoms with van der Waals surface area (Å²) in [5.41, 5.74) is 7.42. The van der Waals surface area contributed by atoms with Crippen LogP contribution in [0.2, 0.25) is 0 Å². The molecule has 0 spiro atoms. The minimum Gasteiger partial charge on any atom is -0.497 e. The molecule has 138 valence electrons. The first-order chi connectivity index (χ1) is 12.4. The number of nitrogens with one attached hydrogen (secondary N) is 1. The van der Waals surface area contributed by atoms with Gasteiger partial charge in [-0.2, -0.15) is 0 Å². The fraction of sp³-hybridized carbons (Fsp3) is 0.300. The molecule has 2 atom stereocenters. The van der Waals surface area contributed by atoms with Crippen molar-refractivity contribution in [1.82, 2.24) is 0 Å². The van der Waals surface area contributed by atoms with E-state index in [9.17, 15) is 9.59 Å². The van der Waals surface area contributed by atoms with Crippen LogP contribution in [0.4, 0.5) is 5.69 Å². The molecule has 0 fully saturated rings. The Morgan fingerprint density at radius 1 is 1.12 bits per heavy atom. The highest BCUT2D eigenvalue weighted by atomic mass is 16.5. The minimum absolute atomic E-state index is 0.0937. The summed E-state index contributed by atoms with van der Waals surface area (Å²) in [6, 6.07) is 14.4. The van der Waals surface area contributed by atoms with Crippen molar-refractivity contribution < 1.29 is 19.6 Å². The molecule has 0 heterocycles. The number of hydrogen-bond donors (Lipinski definition) is 3. The molecule has 2 aromatic carbocycles. The second-order valence-corrected chi connectivity index (χ2v) is 6.20. The van der Waals surface area contributed by atoms with Gasteiger partial charge in [-0.15, -0.1) is 0 Å². The summed E-state index contributed by atoms with van der Waals surface area (Å²) in [4.78, 5) is 23.6. The number of hydrogen-bond acceptors (Lipinski definition) is 3. The third kappa shape index (κ3) is 5.07. The van der Waals surface area contributed by atoms with Gasteiger partial charge in [0, 0.05) is 23.2 Å². The summed E-state index contributed by atoms with van der Waals surface area (Å²) in [6.07, 6.45) is 0.900. The van der Waals surface area contributed by atoms with E-state index in [1.807, 2.05) is 31.2 Å². The van der Waals surface area contributed by atoms with Gasteiger partial charge in [0.1, 0.15) is 11.8 Å². The quantitative estimate of drug-likeness (QED) is 0.673. The number of anilines is 1. The zero-order chi connectivity index (χ0) is 19.1. The molecule has 0 saturated carbocycles. The molecular weight excluding hydrogens is 330 g/mol. The average Bonchev–Trinajstić information content (AvgIpc) is 2.66. The first kappa shape index (κ1) is 19.5. The topological polar surface area (TPSA) is 98.0 Å². The van der Waals surface area contributed by atoms with E-state index in [1.165, 1.54) is 0 Å². The Morgan fingerprint density at radius 3 is 2.23 bits per heavy atom. The Bertz CT molecular complexity index is 742. The molecular formula is C20H26N3O3+. The van der Waals surface area contributed by atoms with Crippen LogP contribution >= 0.6 is 0 Å². The van der Waals surface area contributed by atoms with Gasteiger partial charge in [-0.3, -0.25) is 9.59 Å².